The van der Waals surface area contributed by atoms with Gasteiger partial charge in [0.05, 0.1) is 12.3 Å². The Hall–Kier alpha value is -4.28. The maximum Gasteiger partial charge on any atom is 0.281 e. The molecule has 0 saturated heterocycles. The van der Waals surface area contributed by atoms with Gasteiger partial charge in [-0.1, -0.05) is 42.0 Å². The highest BCUT2D eigenvalue weighted by atomic mass is 32.2. The molecule has 10 heteroatoms. The number of carbonyl (C=O) groups is 1. The number of benzene rings is 2. The molecule has 0 fully saturated rings. The van der Waals surface area contributed by atoms with Gasteiger partial charge in [0.15, 0.2) is 5.03 Å². The van der Waals surface area contributed by atoms with Crippen molar-refractivity contribution in [1.29, 1.82) is 0 Å². The molecule has 0 saturated carbocycles. The van der Waals surface area contributed by atoms with E-state index in [4.69, 9.17) is 10.5 Å². The van der Waals surface area contributed by atoms with Crippen LogP contribution < -0.4 is 15.2 Å². The summed E-state index contributed by atoms with van der Waals surface area (Å²) in [6, 6.07) is 18.1. The van der Waals surface area contributed by atoms with E-state index in [0.29, 0.717) is 22.6 Å². The van der Waals surface area contributed by atoms with Crippen LogP contribution >= 0.6 is 0 Å². The van der Waals surface area contributed by atoms with E-state index in [2.05, 4.69) is 9.97 Å². The molecule has 2 aromatic heterocycles. The first kappa shape index (κ1) is 25.8. The largest absolute Gasteiger partial charge is 0.438 e. The zero-order valence-corrected chi connectivity index (χ0v) is 21.3. The number of hydrogen-bond donors (Lipinski definition) is 3. The first-order valence-corrected chi connectivity index (χ1v) is 12.8. The molecule has 0 spiro atoms. The van der Waals surface area contributed by atoms with Crippen molar-refractivity contribution in [1.82, 2.24) is 14.7 Å². The molecule has 2 aromatic carbocycles. The van der Waals surface area contributed by atoms with Crippen molar-refractivity contribution < 1.29 is 23.1 Å². The van der Waals surface area contributed by atoms with Gasteiger partial charge in [-0.3, -0.25) is 4.79 Å². The maximum absolute atomic E-state index is 13.2. The summed E-state index contributed by atoms with van der Waals surface area (Å²) in [5, 5.41) is 9.12. The number of anilines is 1. The van der Waals surface area contributed by atoms with Crippen LogP contribution in [0.5, 0.6) is 11.6 Å². The number of amides is 1. The smallest absolute Gasteiger partial charge is 0.281 e. The van der Waals surface area contributed by atoms with Crippen molar-refractivity contribution in [2.45, 2.75) is 32.4 Å². The molecule has 0 bridgehead atoms. The summed E-state index contributed by atoms with van der Waals surface area (Å²) in [7, 11) is -4.31. The van der Waals surface area contributed by atoms with Crippen molar-refractivity contribution >= 4 is 21.7 Å². The molecule has 4 N–H and O–H groups in total. The van der Waals surface area contributed by atoms with Gasteiger partial charge in [-0.2, -0.15) is 8.42 Å². The van der Waals surface area contributed by atoms with Gasteiger partial charge in [0.2, 0.25) is 5.88 Å². The summed E-state index contributed by atoms with van der Waals surface area (Å²) < 4.78 is 33.8. The number of nitrogen functional groups attached to an aromatic ring is 1. The van der Waals surface area contributed by atoms with Crippen molar-refractivity contribution in [2.75, 3.05) is 5.73 Å². The number of hydrogen-bond acceptors (Lipinski definition) is 8. The Kier molecular flexibility index (Phi) is 7.23. The van der Waals surface area contributed by atoms with Gasteiger partial charge in [0.25, 0.3) is 15.9 Å². The molecule has 0 aliphatic carbocycles. The van der Waals surface area contributed by atoms with Crippen LogP contribution in [0.3, 0.4) is 0 Å². The Balaban J connectivity index is 1.78. The minimum absolute atomic E-state index is 0.000738. The van der Waals surface area contributed by atoms with Crippen LogP contribution in [0.15, 0.2) is 71.8 Å². The first-order valence-electron chi connectivity index (χ1n) is 11.3. The molecule has 190 valence electrons. The van der Waals surface area contributed by atoms with Gasteiger partial charge in [0, 0.05) is 5.56 Å². The highest BCUT2D eigenvalue weighted by Crippen LogP contribution is 2.33. The quantitative estimate of drug-likeness (QED) is 0.332. The van der Waals surface area contributed by atoms with Gasteiger partial charge in [0.1, 0.15) is 17.1 Å². The number of aryl methyl sites for hydroxylation is 3. The summed E-state index contributed by atoms with van der Waals surface area (Å²) in [5.74, 6) is -0.505. The number of nitrogens with one attached hydrogen (secondary N) is 1. The summed E-state index contributed by atoms with van der Waals surface area (Å²) >= 11 is 0. The Labute approximate surface area is 215 Å². The SMILES string of the molecule is Cc1cc(C)c(Oc2nc(-c3cccc(CO)c3)ccc2C(=O)NS(=O)(=O)c2cccc(N)n2)c(C)c1. The zero-order valence-electron chi connectivity index (χ0n) is 20.5. The molecule has 9 nitrogen and oxygen atoms in total. The lowest BCUT2D eigenvalue weighted by molar-refractivity contribution is 0.0978. The second-order valence-corrected chi connectivity index (χ2v) is 10.2. The molecule has 4 aromatic rings. The fourth-order valence-electron chi connectivity index (χ4n) is 3.92. The Bertz CT molecular complexity index is 1580. The molecule has 0 unspecified atom stereocenters. The molecule has 37 heavy (non-hydrogen) atoms. The lowest BCUT2D eigenvalue weighted by atomic mass is 10.1. The number of aliphatic hydroxyl groups excluding tert-OH is 1. The van der Waals surface area contributed by atoms with Crippen LogP contribution in [0, 0.1) is 20.8 Å². The number of aromatic nitrogens is 2. The van der Waals surface area contributed by atoms with Gasteiger partial charge < -0.3 is 15.6 Å². The highest BCUT2D eigenvalue weighted by molar-refractivity contribution is 7.90. The van der Waals surface area contributed by atoms with Crippen molar-refractivity contribution in [3.63, 3.8) is 0 Å². The normalized spacial score (nSPS) is 11.2. The van der Waals surface area contributed by atoms with E-state index < -0.39 is 15.9 Å². The monoisotopic (exact) mass is 518 g/mol. The number of rotatable bonds is 7. The Morgan fingerprint density at radius 3 is 2.35 bits per heavy atom. The summed E-state index contributed by atoms with van der Waals surface area (Å²) in [6.07, 6.45) is 0. The third kappa shape index (κ3) is 5.76. The molecule has 1 amide bonds. The maximum atomic E-state index is 13.2. The zero-order chi connectivity index (χ0) is 26.7. The van der Waals surface area contributed by atoms with Crippen LogP contribution in [0.2, 0.25) is 0 Å². The van der Waals surface area contributed by atoms with Crippen LogP contribution in [0.4, 0.5) is 5.82 Å². The van der Waals surface area contributed by atoms with E-state index in [1.54, 1.807) is 24.3 Å². The fourth-order valence-corrected chi connectivity index (χ4v) is 4.86. The lowest BCUT2D eigenvalue weighted by Crippen LogP contribution is -2.31. The summed E-state index contributed by atoms with van der Waals surface area (Å²) in [5.41, 5.74) is 10.1. The minimum atomic E-state index is -4.31. The number of pyridine rings is 2. The van der Waals surface area contributed by atoms with E-state index >= 15 is 0 Å². The third-order valence-electron chi connectivity index (χ3n) is 5.56. The van der Waals surface area contributed by atoms with Crippen LogP contribution in [0.25, 0.3) is 11.3 Å². The predicted octanol–water partition coefficient (Wildman–Crippen LogP) is 4.05. The number of ether oxygens (including phenoxy) is 1. The second kappa shape index (κ2) is 10.4. The van der Waals surface area contributed by atoms with Gasteiger partial charge in [-0.25, -0.2) is 14.7 Å². The molecular weight excluding hydrogens is 492 g/mol. The lowest BCUT2D eigenvalue weighted by Gasteiger charge is -2.16. The summed E-state index contributed by atoms with van der Waals surface area (Å²) in [4.78, 5) is 21.6. The van der Waals surface area contributed by atoms with Crippen molar-refractivity contribution in [3.05, 3.63) is 94.5 Å². The van der Waals surface area contributed by atoms with Gasteiger partial charge in [-0.15, -0.1) is 0 Å². The van der Waals surface area contributed by atoms with Crippen LogP contribution in [-0.4, -0.2) is 29.4 Å². The van der Waals surface area contributed by atoms with E-state index in [1.807, 2.05) is 43.7 Å². The van der Waals surface area contributed by atoms with E-state index in [1.165, 1.54) is 24.3 Å². The predicted molar refractivity (Wildman–Crippen MR) is 140 cm³/mol. The Morgan fingerprint density at radius 1 is 0.973 bits per heavy atom. The number of aliphatic hydroxyl groups is 1. The number of carbonyl (C=O) groups excluding carboxylic acids is 1. The van der Waals surface area contributed by atoms with Crippen molar-refractivity contribution in [3.8, 4) is 22.9 Å². The van der Waals surface area contributed by atoms with Crippen molar-refractivity contribution in [2.24, 2.45) is 0 Å². The third-order valence-corrected chi connectivity index (χ3v) is 6.79. The standard InChI is InChI=1S/C27H26N4O5S/c1-16-12-17(2)25(18(3)13-16)36-27-21(10-11-22(29-27)20-7-4-6-19(14-20)15-32)26(33)31-37(34,35)24-9-5-8-23(28)30-24/h4-14,32H,15H2,1-3H3,(H2,28,30)(H,31,33). The minimum Gasteiger partial charge on any atom is -0.438 e. The average molecular weight is 519 g/mol. The first-order chi connectivity index (χ1) is 17.6. The number of sulfonamides is 1. The average Bonchev–Trinajstić information content (AvgIpc) is 2.86. The highest BCUT2D eigenvalue weighted by Gasteiger charge is 2.25. The number of nitrogens with two attached hydrogens (primary N) is 1. The molecule has 0 atom stereocenters. The van der Waals surface area contributed by atoms with Gasteiger partial charge in [-0.05, 0) is 67.8 Å². The molecule has 0 aliphatic heterocycles. The fraction of sp³-hybridized carbons (Fsp3) is 0.148. The van der Waals surface area contributed by atoms with Gasteiger partial charge >= 0.3 is 0 Å². The topological polar surface area (TPSA) is 144 Å². The molecule has 2 heterocycles. The molecule has 4 rings (SSSR count). The number of nitrogens with zero attached hydrogens (tertiary/aromatic N) is 2. The van der Waals surface area contributed by atoms with E-state index in [-0.39, 0.29) is 28.9 Å². The molecule has 0 aliphatic rings. The van der Waals surface area contributed by atoms with Crippen LogP contribution in [0.1, 0.15) is 32.6 Å². The Morgan fingerprint density at radius 2 is 1.68 bits per heavy atom. The second-order valence-electron chi connectivity index (χ2n) is 8.57. The molecular formula is C27H26N4O5S. The van der Waals surface area contributed by atoms with E-state index in [9.17, 15) is 18.3 Å². The summed E-state index contributed by atoms with van der Waals surface area (Å²) in [6.45, 7) is 5.57. The van der Waals surface area contributed by atoms with E-state index in [0.717, 1.165) is 16.7 Å². The van der Waals surface area contributed by atoms with Crippen LogP contribution in [-0.2, 0) is 16.6 Å². The molecule has 0 radical (unpaired) electrons.